The fourth-order valence-corrected chi connectivity index (χ4v) is 3.73. The minimum Gasteiger partial charge on any atom is -0.350 e. The Bertz CT molecular complexity index is 847. The summed E-state index contributed by atoms with van der Waals surface area (Å²) in [5.41, 5.74) is 1.57. The van der Waals surface area contributed by atoms with E-state index < -0.39 is 0 Å². The Morgan fingerprint density at radius 3 is 2.74 bits per heavy atom. The van der Waals surface area contributed by atoms with Crippen LogP contribution in [0.4, 0.5) is 0 Å². The molecule has 7 nitrogen and oxygen atoms in total. The number of hydrogen-bond donors (Lipinski definition) is 1. The van der Waals surface area contributed by atoms with Gasteiger partial charge in [-0.2, -0.15) is 0 Å². The number of nitrogens with zero attached hydrogens (tertiary/aromatic N) is 4. The highest BCUT2D eigenvalue weighted by Gasteiger charge is 2.43. The molecule has 4 rings (SSSR count). The average molecular weight is 367 g/mol. The van der Waals surface area contributed by atoms with E-state index in [9.17, 15) is 9.59 Å². The van der Waals surface area contributed by atoms with Crippen molar-refractivity contribution >= 4 is 11.8 Å². The molecule has 0 radical (unpaired) electrons. The fraction of sp³-hybridized carbons (Fsp3) is 0.500. The molecule has 2 aliphatic rings. The standard InChI is InChI=1S/C20H25N5O2/c1-13-9-17(13)20(27)25-8-7-24-12-16(23-19(24)14(25)2)10-18(26)22-11-15-5-3-4-6-21-15/h3-6,12-14,17H,7-11H2,1-2H3,(H,22,26)/t13-,14-,17+/m1/s1. The Morgan fingerprint density at radius 1 is 1.22 bits per heavy atom. The highest BCUT2D eigenvalue weighted by Crippen LogP contribution is 2.41. The van der Waals surface area contributed by atoms with Gasteiger partial charge in [0.2, 0.25) is 11.8 Å². The van der Waals surface area contributed by atoms with Crippen LogP contribution in [0.25, 0.3) is 0 Å². The highest BCUT2D eigenvalue weighted by molar-refractivity contribution is 5.82. The Hall–Kier alpha value is -2.70. The van der Waals surface area contributed by atoms with Gasteiger partial charge < -0.3 is 14.8 Å². The number of aromatic nitrogens is 3. The summed E-state index contributed by atoms with van der Waals surface area (Å²) in [6.07, 6.45) is 4.88. The van der Waals surface area contributed by atoms with Crippen molar-refractivity contribution in [3.05, 3.63) is 47.8 Å². The lowest BCUT2D eigenvalue weighted by Crippen LogP contribution is -2.42. The molecule has 3 heterocycles. The maximum Gasteiger partial charge on any atom is 0.226 e. The minimum atomic E-state index is -0.0801. The van der Waals surface area contributed by atoms with Gasteiger partial charge in [-0.1, -0.05) is 13.0 Å². The Balaban J connectivity index is 1.37. The summed E-state index contributed by atoms with van der Waals surface area (Å²) in [5.74, 6) is 1.73. The zero-order chi connectivity index (χ0) is 19.0. The van der Waals surface area contributed by atoms with Crippen LogP contribution in [0, 0.1) is 11.8 Å². The molecule has 0 aromatic carbocycles. The Kier molecular flexibility index (Phi) is 4.68. The number of hydrogen-bond acceptors (Lipinski definition) is 4. The molecule has 0 unspecified atom stereocenters. The van der Waals surface area contributed by atoms with Crippen molar-refractivity contribution < 1.29 is 9.59 Å². The van der Waals surface area contributed by atoms with Crippen molar-refractivity contribution in [2.75, 3.05) is 6.54 Å². The number of carbonyl (C=O) groups is 2. The predicted molar refractivity (Wildman–Crippen MR) is 99.4 cm³/mol. The second-order valence-electron chi connectivity index (χ2n) is 7.59. The molecule has 3 atom stereocenters. The fourth-order valence-electron chi connectivity index (χ4n) is 3.73. The summed E-state index contributed by atoms with van der Waals surface area (Å²) in [7, 11) is 0. The van der Waals surface area contributed by atoms with Crippen LogP contribution < -0.4 is 5.32 Å². The summed E-state index contributed by atoms with van der Waals surface area (Å²) < 4.78 is 2.08. The topological polar surface area (TPSA) is 80.1 Å². The molecule has 27 heavy (non-hydrogen) atoms. The van der Waals surface area contributed by atoms with Gasteiger partial charge in [-0.3, -0.25) is 14.6 Å². The summed E-state index contributed by atoms with van der Waals surface area (Å²) in [6.45, 7) is 5.99. The molecule has 2 aromatic rings. The zero-order valence-electron chi connectivity index (χ0n) is 15.8. The number of imidazole rings is 1. The Labute approximate surface area is 158 Å². The maximum absolute atomic E-state index is 12.6. The van der Waals surface area contributed by atoms with Crippen molar-refractivity contribution in [2.45, 2.75) is 45.8 Å². The van der Waals surface area contributed by atoms with Gasteiger partial charge in [-0.15, -0.1) is 0 Å². The Morgan fingerprint density at radius 2 is 2.04 bits per heavy atom. The van der Waals surface area contributed by atoms with E-state index in [1.165, 1.54) is 0 Å². The molecular formula is C20H25N5O2. The second kappa shape index (κ2) is 7.13. The van der Waals surface area contributed by atoms with Gasteiger partial charge in [0.1, 0.15) is 5.82 Å². The molecule has 1 aliphatic carbocycles. The number of fused-ring (bicyclic) bond motifs is 1. The monoisotopic (exact) mass is 367 g/mol. The van der Waals surface area contributed by atoms with Crippen LogP contribution in [0.2, 0.25) is 0 Å². The van der Waals surface area contributed by atoms with Gasteiger partial charge >= 0.3 is 0 Å². The van der Waals surface area contributed by atoms with E-state index in [0.717, 1.165) is 30.2 Å². The number of nitrogens with one attached hydrogen (secondary N) is 1. The van der Waals surface area contributed by atoms with Gasteiger partial charge in [-0.25, -0.2) is 4.98 Å². The minimum absolute atomic E-state index is 0.0515. The van der Waals surface area contributed by atoms with E-state index in [1.807, 2.05) is 36.2 Å². The third-order valence-corrected chi connectivity index (χ3v) is 5.52. The summed E-state index contributed by atoms with van der Waals surface area (Å²) in [6, 6.07) is 5.57. The molecule has 1 aliphatic heterocycles. The molecule has 1 N–H and O–H groups in total. The van der Waals surface area contributed by atoms with E-state index in [1.54, 1.807) is 6.20 Å². The lowest BCUT2D eigenvalue weighted by molar-refractivity contribution is -0.136. The number of pyridine rings is 1. The first-order valence-electron chi connectivity index (χ1n) is 9.56. The summed E-state index contributed by atoms with van der Waals surface area (Å²) >= 11 is 0. The van der Waals surface area contributed by atoms with Crippen LogP contribution in [0.3, 0.4) is 0 Å². The molecule has 142 valence electrons. The number of rotatable bonds is 5. The summed E-state index contributed by atoms with van der Waals surface area (Å²) in [5, 5.41) is 2.88. The number of carbonyl (C=O) groups excluding carboxylic acids is 2. The molecule has 0 bridgehead atoms. The van der Waals surface area contributed by atoms with Crippen LogP contribution >= 0.6 is 0 Å². The van der Waals surface area contributed by atoms with Crippen molar-refractivity contribution in [3.8, 4) is 0 Å². The molecule has 1 fully saturated rings. The maximum atomic E-state index is 12.6. The molecule has 0 saturated heterocycles. The third-order valence-electron chi connectivity index (χ3n) is 5.52. The van der Waals surface area contributed by atoms with Gasteiger partial charge in [0.15, 0.2) is 0 Å². The van der Waals surface area contributed by atoms with Crippen LogP contribution in [-0.2, 0) is 29.1 Å². The quantitative estimate of drug-likeness (QED) is 0.872. The normalized spacial score (nSPS) is 23.6. The first kappa shape index (κ1) is 17.7. The van der Waals surface area contributed by atoms with Crippen LogP contribution in [-0.4, -0.2) is 37.8 Å². The predicted octanol–water partition coefficient (Wildman–Crippen LogP) is 1.70. The largest absolute Gasteiger partial charge is 0.350 e. The first-order valence-corrected chi connectivity index (χ1v) is 9.56. The molecule has 0 spiro atoms. The van der Waals surface area contributed by atoms with Crippen molar-refractivity contribution in [1.29, 1.82) is 0 Å². The SMILES string of the molecule is C[C@@H]1C[C@@H]1C(=O)N1CCn2cc(CC(=O)NCc3ccccn3)nc2[C@H]1C. The lowest BCUT2D eigenvalue weighted by atomic mass is 10.1. The van der Waals surface area contributed by atoms with Gasteiger partial charge in [-0.05, 0) is 31.4 Å². The van der Waals surface area contributed by atoms with E-state index in [4.69, 9.17) is 0 Å². The van der Waals surface area contributed by atoms with E-state index >= 15 is 0 Å². The van der Waals surface area contributed by atoms with Gasteiger partial charge in [0.25, 0.3) is 0 Å². The van der Waals surface area contributed by atoms with E-state index in [0.29, 0.717) is 19.0 Å². The third kappa shape index (κ3) is 3.72. The van der Waals surface area contributed by atoms with Crippen molar-refractivity contribution in [3.63, 3.8) is 0 Å². The molecule has 1 saturated carbocycles. The molecule has 7 heteroatoms. The molecule has 2 amide bonds. The van der Waals surface area contributed by atoms with Gasteiger partial charge in [0, 0.05) is 31.4 Å². The van der Waals surface area contributed by atoms with E-state index in [-0.39, 0.29) is 30.2 Å². The van der Waals surface area contributed by atoms with Crippen LogP contribution in [0.15, 0.2) is 30.6 Å². The van der Waals surface area contributed by atoms with E-state index in [2.05, 4.69) is 26.8 Å². The van der Waals surface area contributed by atoms with Crippen molar-refractivity contribution in [2.24, 2.45) is 11.8 Å². The second-order valence-corrected chi connectivity index (χ2v) is 7.59. The van der Waals surface area contributed by atoms with Crippen molar-refractivity contribution in [1.82, 2.24) is 24.8 Å². The molecule has 2 aromatic heterocycles. The number of amides is 2. The highest BCUT2D eigenvalue weighted by atomic mass is 16.2. The van der Waals surface area contributed by atoms with Crippen LogP contribution in [0.5, 0.6) is 0 Å². The first-order chi connectivity index (χ1) is 13.0. The average Bonchev–Trinajstić information content (AvgIpc) is 3.25. The smallest absolute Gasteiger partial charge is 0.226 e. The van der Waals surface area contributed by atoms with Crippen LogP contribution in [0.1, 0.15) is 43.5 Å². The van der Waals surface area contributed by atoms with Gasteiger partial charge in [0.05, 0.1) is 30.4 Å². The summed E-state index contributed by atoms with van der Waals surface area (Å²) in [4.78, 5) is 35.6. The molecular weight excluding hydrogens is 342 g/mol. The lowest BCUT2D eigenvalue weighted by Gasteiger charge is -2.34. The zero-order valence-corrected chi connectivity index (χ0v) is 15.8.